The van der Waals surface area contributed by atoms with Gasteiger partial charge in [-0.05, 0) is 18.9 Å². The highest BCUT2D eigenvalue weighted by Crippen LogP contribution is 2.52. The van der Waals surface area contributed by atoms with Crippen molar-refractivity contribution < 1.29 is 9.90 Å². The van der Waals surface area contributed by atoms with Gasteiger partial charge in [0, 0.05) is 29.6 Å². The van der Waals surface area contributed by atoms with E-state index in [1.807, 2.05) is 6.07 Å². The number of hydrogen-bond acceptors (Lipinski definition) is 3. The SMILES string of the molecule is CC(C)(C)c1cc(C(=O)N2CC(O)C3(CC3)C2)n[nH]1. The molecule has 1 spiro atoms. The Morgan fingerprint density at radius 1 is 1.53 bits per heavy atom. The molecule has 1 aliphatic heterocycles. The highest BCUT2D eigenvalue weighted by molar-refractivity contribution is 5.92. The van der Waals surface area contributed by atoms with E-state index >= 15 is 0 Å². The molecule has 1 aromatic heterocycles. The van der Waals surface area contributed by atoms with Crippen LogP contribution in [0.2, 0.25) is 0 Å². The minimum atomic E-state index is -0.363. The lowest BCUT2D eigenvalue weighted by Gasteiger charge is -2.15. The quantitative estimate of drug-likeness (QED) is 0.802. The zero-order valence-corrected chi connectivity index (χ0v) is 11.7. The van der Waals surface area contributed by atoms with E-state index in [4.69, 9.17) is 0 Å². The van der Waals surface area contributed by atoms with E-state index in [2.05, 4.69) is 31.0 Å². The first kappa shape index (κ1) is 12.7. The Bertz CT molecular complexity index is 511. The third-order valence-electron chi connectivity index (χ3n) is 4.39. The van der Waals surface area contributed by atoms with Crippen LogP contribution in [0.5, 0.6) is 0 Å². The third kappa shape index (κ3) is 2.06. The number of carbonyl (C=O) groups excluding carboxylic acids is 1. The Balaban J connectivity index is 1.76. The zero-order chi connectivity index (χ0) is 13.8. The molecule has 5 heteroatoms. The molecule has 1 unspecified atom stereocenters. The molecule has 5 nitrogen and oxygen atoms in total. The largest absolute Gasteiger partial charge is 0.391 e. The second kappa shape index (κ2) is 3.82. The summed E-state index contributed by atoms with van der Waals surface area (Å²) in [7, 11) is 0. The Labute approximate surface area is 113 Å². The summed E-state index contributed by atoms with van der Waals surface area (Å²) in [4.78, 5) is 14.1. The highest BCUT2D eigenvalue weighted by Gasteiger charge is 2.55. The summed E-state index contributed by atoms with van der Waals surface area (Å²) in [5, 5.41) is 17.1. The lowest BCUT2D eigenvalue weighted by atomic mass is 9.92. The molecule has 3 rings (SSSR count). The summed E-state index contributed by atoms with van der Waals surface area (Å²) in [5.41, 5.74) is 1.36. The van der Waals surface area contributed by atoms with Gasteiger partial charge in [-0.2, -0.15) is 5.10 Å². The van der Waals surface area contributed by atoms with Gasteiger partial charge in [-0.3, -0.25) is 9.89 Å². The number of aliphatic hydroxyl groups excluding tert-OH is 1. The Morgan fingerprint density at radius 3 is 2.68 bits per heavy atom. The summed E-state index contributed by atoms with van der Waals surface area (Å²) in [6, 6.07) is 1.83. The van der Waals surface area contributed by atoms with Gasteiger partial charge in [0.05, 0.1) is 6.10 Å². The molecule has 0 bridgehead atoms. The summed E-state index contributed by atoms with van der Waals surface area (Å²) >= 11 is 0. The number of amides is 1. The molecule has 1 aromatic rings. The Morgan fingerprint density at radius 2 is 2.21 bits per heavy atom. The van der Waals surface area contributed by atoms with Crippen molar-refractivity contribution in [2.45, 2.75) is 45.1 Å². The van der Waals surface area contributed by atoms with Gasteiger partial charge in [0.15, 0.2) is 0 Å². The standard InChI is InChI=1S/C14H21N3O2/c1-13(2,3)10-6-9(15-16-10)12(19)17-7-11(18)14(8-17)4-5-14/h6,11,18H,4-5,7-8H2,1-3H3,(H,15,16). The second-order valence-electron chi connectivity index (χ2n) is 6.98. The molecule has 2 aliphatic rings. The van der Waals surface area contributed by atoms with E-state index < -0.39 is 0 Å². The number of β-amino-alcohol motifs (C(OH)–C–C–N with tert-alkyl or cyclic N) is 1. The van der Waals surface area contributed by atoms with E-state index in [1.165, 1.54) is 0 Å². The fourth-order valence-electron chi connectivity index (χ4n) is 2.74. The number of rotatable bonds is 1. The van der Waals surface area contributed by atoms with Gasteiger partial charge in [0.25, 0.3) is 5.91 Å². The van der Waals surface area contributed by atoms with Gasteiger partial charge in [0.1, 0.15) is 5.69 Å². The molecular weight excluding hydrogens is 242 g/mol. The van der Waals surface area contributed by atoms with Crippen LogP contribution >= 0.6 is 0 Å². The maximum atomic E-state index is 12.4. The van der Waals surface area contributed by atoms with E-state index in [1.54, 1.807) is 4.90 Å². The zero-order valence-electron chi connectivity index (χ0n) is 11.7. The highest BCUT2D eigenvalue weighted by atomic mass is 16.3. The third-order valence-corrected chi connectivity index (χ3v) is 4.39. The van der Waals surface area contributed by atoms with Gasteiger partial charge in [-0.25, -0.2) is 0 Å². The average Bonchev–Trinajstić information content (AvgIpc) is 2.81. The summed E-state index contributed by atoms with van der Waals surface area (Å²) < 4.78 is 0. The average molecular weight is 263 g/mol. The number of hydrogen-bond donors (Lipinski definition) is 2. The molecule has 0 aromatic carbocycles. The number of carbonyl (C=O) groups is 1. The fraction of sp³-hybridized carbons (Fsp3) is 0.714. The van der Waals surface area contributed by atoms with Crippen molar-refractivity contribution in [1.29, 1.82) is 0 Å². The molecule has 2 N–H and O–H groups in total. The van der Waals surface area contributed by atoms with Gasteiger partial charge in [0.2, 0.25) is 0 Å². The number of aromatic nitrogens is 2. The molecule has 1 aliphatic carbocycles. The molecule has 2 heterocycles. The van der Waals surface area contributed by atoms with Crippen LogP contribution in [-0.4, -0.2) is 45.3 Å². The van der Waals surface area contributed by atoms with Gasteiger partial charge < -0.3 is 10.0 Å². The van der Waals surface area contributed by atoms with Crippen molar-refractivity contribution in [3.63, 3.8) is 0 Å². The lowest BCUT2D eigenvalue weighted by Crippen LogP contribution is -2.29. The van der Waals surface area contributed by atoms with Gasteiger partial charge in [-0.1, -0.05) is 20.8 Å². The van der Waals surface area contributed by atoms with Crippen LogP contribution in [0, 0.1) is 5.41 Å². The van der Waals surface area contributed by atoms with E-state index in [-0.39, 0.29) is 22.8 Å². The van der Waals surface area contributed by atoms with Crippen molar-refractivity contribution in [2.75, 3.05) is 13.1 Å². The van der Waals surface area contributed by atoms with E-state index in [0.717, 1.165) is 18.5 Å². The molecule has 104 valence electrons. The molecule has 2 fully saturated rings. The Hall–Kier alpha value is -1.36. The molecule has 1 amide bonds. The second-order valence-corrected chi connectivity index (χ2v) is 6.98. The molecule has 0 radical (unpaired) electrons. The van der Waals surface area contributed by atoms with Crippen molar-refractivity contribution in [3.8, 4) is 0 Å². The minimum absolute atomic E-state index is 0.00117. The number of nitrogens with zero attached hydrogens (tertiary/aromatic N) is 2. The number of likely N-dealkylation sites (tertiary alicyclic amines) is 1. The van der Waals surface area contributed by atoms with Crippen molar-refractivity contribution in [1.82, 2.24) is 15.1 Å². The van der Waals surface area contributed by atoms with Crippen molar-refractivity contribution in [3.05, 3.63) is 17.5 Å². The number of aliphatic hydroxyl groups is 1. The number of aromatic amines is 1. The first-order chi connectivity index (χ1) is 8.82. The maximum Gasteiger partial charge on any atom is 0.274 e. The first-order valence-electron chi connectivity index (χ1n) is 6.85. The predicted octanol–water partition coefficient (Wildman–Crippen LogP) is 1.30. The molecular formula is C14H21N3O2. The fourth-order valence-corrected chi connectivity index (χ4v) is 2.74. The van der Waals surface area contributed by atoms with Crippen LogP contribution in [0.4, 0.5) is 0 Å². The predicted molar refractivity (Wildman–Crippen MR) is 70.9 cm³/mol. The minimum Gasteiger partial charge on any atom is -0.391 e. The van der Waals surface area contributed by atoms with Crippen LogP contribution < -0.4 is 0 Å². The smallest absolute Gasteiger partial charge is 0.274 e. The topological polar surface area (TPSA) is 69.2 Å². The first-order valence-corrected chi connectivity index (χ1v) is 6.85. The van der Waals surface area contributed by atoms with E-state index in [0.29, 0.717) is 18.8 Å². The maximum absolute atomic E-state index is 12.4. The number of H-pyrrole nitrogens is 1. The molecule has 1 saturated carbocycles. The normalized spacial score (nSPS) is 25.1. The van der Waals surface area contributed by atoms with E-state index in [9.17, 15) is 9.90 Å². The summed E-state index contributed by atoms with van der Waals surface area (Å²) in [6.07, 6.45) is 1.70. The van der Waals surface area contributed by atoms with Gasteiger partial charge in [-0.15, -0.1) is 0 Å². The van der Waals surface area contributed by atoms with Crippen LogP contribution in [0.25, 0.3) is 0 Å². The monoisotopic (exact) mass is 263 g/mol. The molecule has 19 heavy (non-hydrogen) atoms. The molecule has 1 saturated heterocycles. The van der Waals surface area contributed by atoms with Crippen LogP contribution in [0.3, 0.4) is 0 Å². The summed E-state index contributed by atoms with van der Waals surface area (Å²) in [6.45, 7) is 7.34. The lowest BCUT2D eigenvalue weighted by molar-refractivity contribution is 0.0758. The van der Waals surface area contributed by atoms with Crippen molar-refractivity contribution in [2.24, 2.45) is 5.41 Å². The van der Waals surface area contributed by atoms with Gasteiger partial charge >= 0.3 is 0 Å². The summed E-state index contributed by atoms with van der Waals surface area (Å²) in [5.74, 6) is -0.0745. The number of nitrogens with one attached hydrogen (secondary N) is 1. The van der Waals surface area contributed by atoms with Crippen LogP contribution in [0.15, 0.2) is 6.07 Å². The Kier molecular flexibility index (Phi) is 2.55. The van der Waals surface area contributed by atoms with Crippen LogP contribution in [-0.2, 0) is 5.41 Å². The molecule has 1 atom stereocenters. The van der Waals surface area contributed by atoms with Crippen LogP contribution in [0.1, 0.15) is 49.8 Å². The van der Waals surface area contributed by atoms with Crippen molar-refractivity contribution >= 4 is 5.91 Å².